The highest BCUT2D eigenvalue weighted by atomic mass is 127. The molecule has 2 aromatic rings. The van der Waals surface area contributed by atoms with Crippen molar-refractivity contribution in [3.63, 3.8) is 0 Å². The number of rotatable bonds is 2. The number of carbonyl (C=O) groups is 1. The molecule has 0 unspecified atom stereocenters. The van der Waals surface area contributed by atoms with E-state index in [1.165, 1.54) is 4.88 Å². The molecule has 20 heavy (non-hydrogen) atoms. The van der Waals surface area contributed by atoms with Crippen LogP contribution in [0, 0.1) is 14.9 Å². The number of hydrogen-bond donors (Lipinski definition) is 1. The average Bonchev–Trinajstić information content (AvgIpc) is 2.99. The molecule has 1 amide bonds. The van der Waals surface area contributed by atoms with Crippen molar-refractivity contribution in [3.8, 4) is 6.07 Å². The highest BCUT2D eigenvalue weighted by Gasteiger charge is 2.23. The standard InChI is InChI=1S/C15H11IN2OS/c16-10-6-4-9(5-7-10)14(19)18-15-12(8-17)11-2-1-3-13(11)20-15/h4-7H,1-3H2,(H,18,19). The van der Waals surface area contributed by atoms with Gasteiger partial charge in [0.05, 0.1) is 5.56 Å². The quantitative estimate of drug-likeness (QED) is 0.784. The lowest BCUT2D eigenvalue weighted by Gasteiger charge is -2.04. The largest absolute Gasteiger partial charge is 0.312 e. The van der Waals surface area contributed by atoms with Gasteiger partial charge in [-0.05, 0) is 71.7 Å². The van der Waals surface area contributed by atoms with Gasteiger partial charge in [0, 0.05) is 14.0 Å². The third-order valence-corrected chi connectivity index (χ3v) is 5.29. The first-order chi connectivity index (χ1) is 9.69. The van der Waals surface area contributed by atoms with E-state index < -0.39 is 0 Å². The Morgan fingerprint density at radius 3 is 2.75 bits per heavy atom. The van der Waals surface area contributed by atoms with E-state index in [-0.39, 0.29) is 5.91 Å². The summed E-state index contributed by atoms with van der Waals surface area (Å²) in [4.78, 5) is 13.5. The number of carbonyl (C=O) groups excluding carboxylic acids is 1. The van der Waals surface area contributed by atoms with Crippen LogP contribution < -0.4 is 5.32 Å². The molecule has 3 rings (SSSR count). The van der Waals surface area contributed by atoms with Gasteiger partial charge in [-0.25, -0.2) is 0 Å². The van der Waals surface area contributed by atoms with Crippen LogP contribution in [0.15, 0.2) is 24.3 Å². The van der Waals surface area contributed by atoms with Crippen LogP contribution in [-0.4, -0.2) is 5.91 Å². The third kappa shape index (κ3) is 2.45. The van der Waals surface area contributed by atoms with Crippen LogP contribution in [0.1, 0.15) is 32.8 Å². The van der Waals surface area contributed by atoms with Crippen LogP contribution in [0.4, 0.5) is 5.00 Å². The summed E-state index contributed by atoms with van der Waals surface area (Å²) in [6.07, 6.45) is 3.09. The smallest absolute Gasteiger partial charge is 0.256 e. The van der Waals surface area contributed by atoms with Gasteiger partial charge < -0.3 is 5.32 Å². The maximum Gasteiger partial charge on any atom is 0.256 e. The molecule has 0 saturated heterocycles. The van der Waals surface area contributed by atoms with E-state index in [0.29, 0.717) is 16.1 Å². The van der Waals surface area contributed by atoms with Crippen LogP contribution >= 0.6 is 33.9 Å². The number of fused-ring (bicyclic) bond motifs is 1. The molecule has 0 saturated carbocycles. The van der Waals surface area contributed by atoms with Crippen LogP contribution in [-0.2, 0) is 12.8 Å². The van der Waals surface area contributed by atoms with E-state index in [0.717, 1.165) is 28.4 Å². The summed E-state index contributed by atoms with van der Waals surface area (Å²) >= 11 is 3.75. The molecule has 0 atom stereocenters. The lowest BCUT2D eigenvalue weighted by molar-refractivity contribution is 0.102. The number of hydrogen-bond acceptors (Lipinski definition) is 3. The average molecular weight is 394 g/mol. The number of nitrogens with zero attached hydrogens (tertiary/aromatic N) is 1. The van der Waals surface area contributed by atoms with E-state index in [4.69, 9.17) is 0 Å². The second-order valence-corrected chi connectivity index (χ2v) is 6.99. The van der Waals surface area contributed by atoms with Crippen LogP contribution in [0.5, 0.6) is 0 Å². The number of nitrogens with one attached hydrogen (secondary N) is 1. The highest BCUT2D eigenvalue weighted by Crippen LogP contribution is 2.38. The number of anilines is 1. The minimum absolute atomic E-state index is 0.155. The lowest BCUT2D eigenvalue weighted by Crippen LogP contribution is -2.11. The molecule has 100 valence electrons. The second-order valence-electron chi connectivity index (χ2n) is 4.63. The molecule has 0 fully saturated rings. The zero-order valence-corrected chi connectivity index (χ0v) is 13.5. The van der Waals surface area contributed by atoms with Gasteiger partial charge in [-0.2, -0.15) is 5.26 Å². The number of aryl methyl sites for hydroxylation is 1. The van der Waals surface area contributed by atoms with Gasteiger partial charge in [0.2, 0.25) is 0 Å². The summed E-state index contributed by atoms with van der Waals surface area (Å²) < 4.78 is 1.09. The summed E-state index contributed by atoms with van der Waals surface area (Å²) in [7, 11) is 0. The molecule has 5 heteroatoms. The predicted octanol–water partition coefficient (Wildman–Crippen LogP) is 3.97. The summed E-state index contributed by atoms with van der Waals surface area (Å²) in [6.45, 7) is 0. The van der Waals surface area contributed by atoms with E-state index in [1.54, 1.807) is 23.5 Å². The predicted molar refractivity (Wildman–Crippen MR) is 88.2 cm³/mol. The van der Waals surface area contributed by atoms with Crippen molar-refractivity contribution in [2.24, 2.45) is 0 Å². The number of thiophene rings is 1. The van der Waals surface area contributed by atoms with E-state index in [9.17, 15) is 10.1 Å². The normalized spacial score (nSPS) is 12.8. The van der Waals surface area contributed by atoms with Crippen LogP contribution in [0.3, 0.4) is 0 Å². The first-order valence-corrected chi connectivity index (χ1v) is 8.20. The Balaban J connectivity index is 1.87. The third-order valence-electron chi connectivity index (χ3n) is 3.37. The fraction of sp³-hybridized carbons (Fsp3) is 0.200. The van der Waals surface area contributed by atoms with Crippen LogP contribution in [0.2, 0.25) is 0 Å². The van der Waals surface area contributed by atoms with Crippen molar-refractivity contribution in [1.29, 1.82) is 5.26 Å². The van der Waals surface area contributed by atoms with Gasteiger partial charge in [-0.1, -0.05) is 0 Å². The lowest BCUT2D eigenvalue weighted by atomic mass is 10.1. The molecule has 1 aliphatic carbocycles. The maximum atomic E-state index is 12.2. The maximum absolute atomic E-state index is 12.2. The summed E-state index contributed by atoms with van der Waals surface area (Å²) in [5, 5.41) is 12.9. The molecule has 0 bridgehead atoms. The van der Waals surface area contributed by atoms with Crippen molar-refractivity contribution in [1.82, 2.24) is 0 Å². The molecular formula is C15H11IN2OS. The van der Waals surface area contributed by atoms with Gasteiger partial charge in [0.25, 0.3) is 5.91 Å². The molecule has 1 aliphatic rings. The van der Waals surface area contributed by atoms with Gasteiger partial charge in [-0.3, -0.25) is 4.79 Å². The Morgan fingerprint density at radius 1 is 1.30 bits per heavy atom. The molecule has 0 radical (unpaired) electrons. The Labute approximate surface area is 134 Å². The van der Waals surface area contributed by atoms with Gasteiger partial charge in [0.15, 0.2) is 0 Å². The summed E-state index contributed by atoms with van der Waals surface area (Å²) in [5.41, 5.74) is 2.40. The van der Waals surface area contributed by atoms with E-state index in [2.05, 4.69) is 34.0 Å². The van der Waals surface area contributed by atoms with Crippen molar-refractivity contribution in [2.45, 2.75) is 19.3 Å². The van der Waals surface area contributed by atoms with E-state index in [1.807, 2.05) is 12.1 Å². The topological polar surface area (TPSA) is 52.9 Å². The molecule has 3 nitrogen and oxygen atoms in total. The van der Waals surface area contributed by atoms with Gasteiger partial charge in [0.1, 0.15) is 11.1 Å². The van der Waals surface area contributed by atoms with Gasteiger partial charge in [-0.15, -0.1) is 11.3 Å². The Morgan fingerprint density at radius 2 is 2.05 bits per heavy atom. The number of amides is 1. The minimum Gasteiger partial charge on any atom is -0.312 e. The minimum atomic E-state index is -0.155. The van der Waals surface area contributed by atoms with Crippen LogP contribution in [0.25, 0.3) is 0 Å². The molecule has 0 aliphatic heterocycles. The Bertz CT molecular complexity index is 713. The number of nitriles is 1. The van der Waals surface area contributed by atoms with Crippen molar-refractivity contribution >= 4 is 44.8 Å². The molecule has 0 spiro atoms. The first-order valence-electron chi connectivity index (χ1n) is 6.30. The Hall–Kier alpha value is -1.39. The van der Waals surface area contributed by atoms with Crippen molar-refractivity contribution in [2.75, 3.05) is 5.32 Å². The Kier molecular flexibility index (Phi) is 3.76. The molecular weight excluding hydrogens is 383 g/mol. The fourth-order valence-electron chi connectivity index (χ4n) is 2.39. The number of benzene rings is 1. The van der Waals surface area contributed by atoms with Gasteiger partial charge >= 0.3 is 0 Å². The number of halogens is 1. The molecule has 1 aromatic heterocycles. The zero-order valence-electron chi connectivity index (χ0n) is 10.6. The van der Waals surface area contributed by atoms with Crippen molar-refractivity contribution in [3.05, 3.63) is 49.4 Å². The molecule has 1 aromatic carbocycles. The van der Waals surface area contributed by atoms with Crippen molar-refractivity contribution < 1.29 is 4.79 Å². The fourth-order valence-corrected chi connectivity index (χ4v) is 3.98. The monoisotopic (exact) mass is 394 g/mol. The molecule has 1 N–H and O–H groups in total. The zero-order chi connectivity index (χ0) is 14.1. The summed E-state index contributed by atoms with van der Waals surface area (Å²) in [6, 6.07) is 9.62. The highest BCUT2D eigenvalue weighted by molar-refractivity contribution is 14.1. The SMILES string of the molecule is N#Cc1c(NC(=O)c2ccc(I)cc2)sc2c1CCC2. The second kappa shape index (κ2) is 5.54. The molecule has 1 heterocycles. The summed E-state index contributed by atoms with van der Waals surface area (Å²) in [5.74, 6) is -0.155. The first kappa shape index (κ1) is 13.6. The van der Waals surface area contributed by atoms with E-state index >= 15 is 0 Å².